The Kier molecular flexibility index (Phi) is 5.51. The zero-order valence-corrected chi connectivity index (χ0v) is 18.0. The van der Waals surface area contributed by atoms with Crippen molar-refractivity contribution in [3.8, 4) is 5.75 Å². The van der Waals surface area contributed by atoms with E-state index in [2.05, 4.69) is 5.32 Å². The van der Waals surface area contributed by atoms with Gasteiger partial charge in [-0.15, -0.1) is 0 Å². The summed E-state index contributed by atoms with van der Waals surface area (Å²) in [6.07, 6.45) is 0.442. The molecule has 3 aromatic rings. The first-order chi connectivity index (χ1) is 14.9. The molecule has 1 aliphatic heterocycles. The molecule has 1 N–H and O–H groups in total. The Morgan fingerprint density at radius 1 is 1.06 bits per heavy atom. The van der Waals surface area contributed by atoms with E-state index in [0.717, 1.165) is 28.1 Å². The predicted molar refractivity (Wildman–Crippen MR) is 121 cm³/mol. The Morgan fingerprint density at radius 3 is 2.52 bits per heavy atom. The third kappa shape index (κ3) is 3.91. The van der Waals surface area contributed by atoms with Gasteiger partial charge in [0, 0.05) is 24.2 Å². The van der Waals surface area contributed by atoms with E-state index in [-0.39, 0.29) is 11.8 Å². The van der Waals surface area contributed by atoms with Crippen LogP contribution >= 0.6 is 0 Å². The van der Waals surface area contributed by atoms with Gasteiger partial charge in [-0.05, 0) is 60.9 Å². The summed E-state index contributed by atoms with van der Waals surface area (Å²) in [6.45, 7) is 4.19. The quantitative estimate of drug-likeness (QED) is 0.678. The van der Waals surface area contributed by atoms with Gasteiger partial charge in [0.05, 0.1) is 7.11 Å². The van der Waals surface area contributed by atoms with Crippen molar-refractivity contribution in [2.45, 2.75) is 32.4 Å². The number of nitrogens with one attached hydrogen (secondary N) is 1. The highest BCUT2D eigenvalue weighted by Gasteiger charge is 2.47. The molecule has 1 heterocycles. The van der Waals surface area contributed by atoms with Crippen molar-refractivity contribution >= 4 is 17.5 Å². The van der Waals surface area contributed by atoms with Gasteiger partial charge in [-0.2, -0.15) is 0 Å². The molecule has 1 aliphatic rings. The fourth-order valence-electron chi connectivity index (χ4n) is 4.14. The van der Waals surface area contributed by atoms with E-state index in [1.807, 2.05) is 86.6 Å². The second-order valence-electron chi connectivity index (χ2n) is 8.12. The number of benzene rings is 3. The van der Waals surface area contributed by atoms with Crippen molar-refractivity contribution in [2.24, 2.45) is 0 Å². The number of nitrogens with zero attached hydrogens (tertiary/aromatic N) is 1. The van der Waals surface area contributed by atoms with Crippen LogP contribution in [0.1, 0.15) is 34.0 Å². The van der Waals surface area contributed by atoms with E-state index >= 15 is 0 Å². The van der Waals surface area contributed by atoms with Crippen LogP contribution in [0.2, 0.25) is 0 Å². The van der Waals surface area contributed by atoms with Gasteiger partial charge < -0.3 is 10.1 Å². The monoisotopic (exact) mass is 414 g/mol. The standard InChI is InChI=1S/C26H26N2O3/c1-18-7-6-9-21(15-18)28-24(29)23-10-5-4-8-20(23)16-26(28,2)25(30)27-17-19-11-13-22(31-3)14-12-19/h4-15H,16-17H2,1-3H3,(H,27,30). The van der Waals surface area contributed by atoms with E-state index in [1.165, 1.54) is 0 Å². The minimum absolute atomic E-state index is 0.158. The third-order valence-corrected chi connectivity index (χ3v) is 5.84. The highest BCUT2D eigenvalue weighted by atomic mass is 16.5. The number of anilines is 1. The van der Waals surface area contributed by atoms with Gasteiger partial charge >= 0.3 is 0 Å². The fourth-order valence-corrected chi connectivity index (χ4v) is 4.14. The molecule has 5 nitrogen and oxygen atoms in total. The summed E-state index contributed by atoms with van der Waals surface area (Å²) in [5, 5.41) is 3.04. The second-order valence-corrected chi connectivity index (χ2v) is 8.12. The number of hydrogen-bond donors (Lipinski definition) is 1. The minimum atomic E-state index is -1.05. The van der Waals surface area contributed by atoms with Gasteiger partial charge in [-0.1, -0.05) is 42.5 Å². The summed E-state index contributed by atoms with van der Waals surface area (Å²) in [6, 6.07) is 22.8. The summed E-state index contributed by atoms with van der Waals surface area (Å²) in [5.74, 6) is 0.421. The molecule has 0 saturated heterocycles. The van der Waals surface area contributed by atoms with Gasteiger partial charge in [0.1, 0.15) is 11.3 Å². The average Bonchev–Trinajstić information content (AvgIpc) is 2.78. The molecule has 0 fully saturated rings. The summed E-state index contributed by atoms with van der Waals surface area (Å²) in [4.78, 5) is 28.7. The first kappa shape index (κ1) is 20.7. The molecule has 0 aromatic heterocycles. The number of aryl methyl sites for hydroxylation is 1. The van der Waals surface area contributed by atoms with Gasteiger partial charge in [0.2, 0.25) is 5.91 Å². The van der Waals surface area contributed by atoms with Crippen molar-refractivity contribution in [3.63, 3.8) is 0 Å². The van der Waals surface area contributed by atoms with Gasteiger partial charge in [-0.3, -0.25) is 14.5 Å². The number of rotatable bonds is 5. The molecule has 0 saturated carbocycles. The molecule has 0 spiro atoms. The molecule has 1 unspecified atom stereocenters. The second kappa shape index (κ2) is 8.26. The summed E-state index contributed by atoms with van der Waals surface area (Å²) in [5.41, 5.74) is 3.20. The molecule has 3 aromatic carbocycles. The molecule has 2 amide bonds. The van der Waals surface area contributed by atoms with E-state index in [1.54, 1.807) is 12.0 Å². The first-order valence-corrected chi connectivity index (χ1v) is 10.3. The van der Waals surface area contributed by atoms with Crippen molar-refractivity contribution in [3.05, 3.63) is 95.1 Å². The lowest BCUT2D eigenvalue weighted by molar-refractivity contribution is -0.126. The van der Waals surface area contributed by atoms with Crippen molar-refractivity contribution in [1.82, 2.24) is 5.32 Å². The van der Waals surface area contributed by atoms with Gasteiger partial charge in [0.25, 0.3) is 5.91 Å². The Hall–Kier alpha value is -3.60. The van der Waals surface area contributed by atoms with Crippen LogP contribution < -0.4 is 15.0 Å². The van der Waals surface area contributed by atoms with Crippen LogP contribution in [0, 0.1) is 6.92 Å². The Balaban J connectivity index is 1.67. The summed E-state index contributed by atoms with van der Waals surface area (Å²) in [7, 11) is 1.62. The molecule has 31 heavy (non-hydrogen) atoms. The van der Waals surface area contributed by atoms with Crippen LogP contribution in [0.15, 0.2) is 72.8 Å². The molecule has 0 radical (unpaired) electrons. The third-order valence-electron chi connectivity index (χ3n) is 5.84. The van der Waals surface area contributed by atoms with E-state index in [9.17, 15) is 9.59 Å². The maximum Gasteiger partial charge on any atom is 0.259 e. The molecule has 1 atom stereocenters. The van der Waals surface area contributed by atoms with Crippen LogP contribution in [-0.2, 0) is 17.8 Å². The fraction of sp³-hybridized carbons (Fsp3) is 0.231. The smallest absolute Gasteiger partial charge is 0.259 e. The van der Waals surface area contributed by atoms with E-state index < -0.39 is 5.54 Å². The van der Waals surface area contributed by atoms with Crippen LogP contribution in [0.5, 0.6) is 5.75 Å². The normalized spacial score (nSPS) is 17.8. The highest BCUT2D eigenvalue weighted by molar-refractivity contribution is 6.14. The summed E-state index contributed by atoms with van der Waals surface area (Å²) >= 11 is 0. The number of carbonyl (C=O) groups excluding carboxylic acids is 2. The molecular formula is C26H26N2O3. The number of fused-ring (bicyclic) bond motifs is 1. The average molecular weight is 415 g/mol. The van der Waals surface area contributed by atoms with Crippen molar-refractivity contribution in [1.29, 1.82) is 0 Å². The molecule has 4 rings (SSSR count). The zero-order valence-electron chi connectivity index (χ0n) is 18.0. The molecule has 158 valence electrons. The SMILES string of the molecule is COc1ccc(CNC(=O)C2(C)Cc3ccccc3C(=O)N2c2cccc(C)c2)cc1. The van der Waals surface area contributed by atoms with E-state index in [0.29, 0.717) is 18.5 Å². The maximum atomic E-state index is 13.5. The lowest BCUT2D eigenvalue weighted by Gasteiger charge is -2.44. The molecule has 0 aliphatic carbocycles. The van der Waals surface area contributed by atoms with Crippen LogP contribution in [-0.4, -0.2) is 24.5 Å². The zero-order chi connectivity index (χ0) is 22.0. The number of ether oxygens (including phenoxy) is 1. The van der Waals surface area contributed by atoms with E-state index in [4.69, 9.17) is 4.74 Å². The van der Waals surface area contributed by atoms with Crippen molar-refractivity contribution < 1.29 is 14.3 Å². The Morgan fingerprint density at radius 2 is 1.81 bits per heavy atom. The van der Waals surface area contributed by atoms with Crippen molar-refractivity contribution in [2.75, 3.05) is 12.0 Å². The maximum absolute atomic E-state index is 13.5. The predicted octanol–water partition coefficient (Wildman–Crippen LogP) is 4.28. The molecule has 0 bridgehead atoms. The van der Waals surface area contributed by atoms with Gasteiger partial charge in [-0.25, -0.2) is 0 Å². The lowest BCUT2D eigenvalue weighted by atomic mass is 9.82. The minimum Gasteiger partial charge on any atom is -0.497 e. The number of methoxy groups -OCH3 is 1. The first-order valence-electron chi connectivity index (χ1n) is 10.3. The molecule has 5 heteroatoms. The van der Waals surface area contributed by atoms with Crippen LogP contribution in [0.4, 0.5) is 5.69 Å². The Labute approximate surface area is 182 Å². The van der Waals surface area contributed by atoms with Gasteiger partial charge in [0.15, 0.2) is 0 Å². The number of carbonyl (C=O) groups is 2. The Bertz CT molecular complexity index is 1120. The number of hydrogen-bond acceptors (Lipinski definition) is 3. The largest absolute Gasteiger partial charge is 0.497 e. The lowest BCUT2D eigenvalue weighted by Crippen LogP contribution is -2.63. The summed E-state index contributed by atoms with van der Waals surface area (Å²) < 4.78 is 5.19. The molecular weight excluding hydrogens is 388 g/mol. The highest BCUT2D eigenvalue weighted by Crippen LogP contribution is 2.35. The van der Waals surface area contributed by atoms with Crippen LogP contribution in [0.25, 0.3) is 0 Å². The number of amides is 2. The van der Waals surface area contributed by atoms with Crippen LogP contribution in [0.3, 0.4) is 0 Å². The topological polar surface area (TPSA) is 58.6 Å².